The molecule has 0 aliphatic rings. The van der Waals surface area contributed by atoms with E-state index >= 15 is 0 Å². The second-order valence-corrected chi connectivity index (χ2v) is 9.84. The summed E-state index contributed by atoms with van der Waals surface area (Å²) < 4.78 is 59.3. The Morgan fingerprint density at radius 2 is 0.830 bits per heavy atom. The van der Waals surface area contributed by atoms with Gasteiger partial charge < -0.3 is 62.5 Å². The van der Waals surface area contributed by atoms with E-state index in [-0.39, 0.29) is 19.2 Å². The fourth-order valence-electron chi connectivity index (χ4n) is 3.56. The van der Waals surface area contributed by atoms with Crippen LogP contribution >= 0.6 is 0 Å². The fourth-order valence-corrected chi connectivity index (χ4v) is 3.56. The number of unbranched alkanes of at least 4 members (excludes halogenated alkanes) is 1. The lowest BCUT2D eigenvalue weighted by atomic mass is 10.2. The van der Waals surface area contributed by atoms with E-state index in [4.69, 9.17) is 57.2 Å². The average molecular weight is 678 g/mol. The highest BCUT2D eigenvalue weighted by Gasteiger charge is 2.06. The van der Waals surface area contributed by atoms with Crippen LogP contribution in [0, 0.1) is 0 Å². The number of carbonyl (C=O) groups excluding carboxylic acids is 1. The van der Waals surface area contributed by atoms with Crippen LogP contribution in [0.1, 0.15) is 30.1 Å². The van der Waals surface area contributed by atoms with Gasteiger partial charge in [0, 0.05) is 12.2 Å². The van der Waals surface area contributed by atoms with Gasteiger partial charge in [-0.15, -0.1) is 0 Å². The number of anilines is 1. The van der Waals surface area contributed by atoms with E-state index in [1.165, 1.54) is 0 Å². The van der Waals surface area contributed by atoms with Crippen molar-refractivity contribution in [3.8, 4) is 0 Å². The zero-order valence-electron chi connectivity index (χ0n) is 28.3. The first-order valence-electron chi connectivity index (χ1n) is 16.7. The van der Waals surface area contributed by atoms with Crippen LogP contribution in [0.25, 0.3) is 0 Å². The van der Waals surface area contributed by atoms with E-state index in [1.807, 2.05) is 12.1 Å². The molecular weight excluding hydrogens is 618 g/mol. The molecular formula is C33H59NO13. The summed E-state index contributed by atoms with van der Waals surface area (Å²) in [6.07, 6.45) is 2.24. The van der Waals surface area contributed by atoms with Crippen molar-refractivity contribution in [1.29, 1.82) is 0 Å². The van der Waals surface area contributed by atoms with Gasteiger partial charge in [0.15, 0.2) is 0 Å². The molecule has 0 saturated heterocycles. The van der Waals surface area contributed by atoms with Crippen LogP contribution in [-0.4, -0.2) is 163 Å². The highest BCUT2D eigenvalue weighted by Crippen LogP contribution is 2.10. The normalized spacial score (nSPS) is 11.3. The number of hydrogen-bond acceptors (Lipinski definition) is 14. The summed E-state index contributed by atoms with van der Waals surface area (Å²) in [5.74, 6) is -0.363. The number of aliphatic hydroxyl groups excluding tert-OH is 1. The van der Waals surface area contributed by atoms with E-state index in [0.717, 1.165) is 25.1 Å². The van der Waals surface area contributed by atoms with Gasteiger partial charge in [0.1, 0.15) is 6.61 Å². The molecule has 1 aromatic carbocycles. The van der Waals surface area contributed by atoms with E-state index in [2.05, 4.69) is 12.2 Å². The molecule has 0 bridgehead atoms. The lowest BCUT2D eigenvalue weighted by molar-refractivity contribution is -0.0274. The first-order valence-corrected chi connectivity index (χ1v) is 16.7. The van der Waals surface area contributed by atoms with Crippen LogP contribution in [0.2, 0.25) is 0 Å². The van der Waals surface area contributed by atoms with Crippen molar-refractivity contribution < 1.29 is 62.0 Å². The van der Waals surface area contributed by atoms with Crippen LogP contribution in [0.15, 0.2) is 24.3 Å². The van der Waals surface area contributed by atoms with Crippen molar-refractivity contribution in [2.75, 3.05) is 157 Å². The predicted molar refractivity (Wildman–Crippen MR) is 175 cm³/mol. The molecule has 1 aromatic rings. The van der Waals surface area contributed by atoms with Crippen molar-refractivity contribution in [3.05, 3.63) is 29.8 Å². The molecule has 0 aliphatic heterocycles. The third-order valence-corrected chi connectivity index (χ3v) is 6.02. The minimum Gasteiger partial charge on any atom is -0.460 e. The Bertz CT molecular complexity index is 788. The van der Waals surface area contributed by atoms with E-state index in [9.17, 15) is 4.79 Å². The molecule has 0 spiro atoms. The minimum atomic E-state index is -0.363. The monoisotopic (exact) mass is 677 g/mol. The molecule has 14 heteroatoms. The standard InChI is InChI=1S/C33H59NO13/c1-2-3-8-34-32-6-4-31(5-7-32)33(36)47-30-29-46-28-27-45-26-25-44-24-23-43-22-21-42-20-19-41-18-17-40-16-15-39-14-13-38-12-11-37-10-9-35/h4-7,34-35H,2-3,8-30H2,1H3. The van der Waals surface area contributed by atoms with Gasteiger partial charge >= 0.3 is 5.97 Å². The van der Waals surface area contributed by atoms with E-state index < -0.39 is 0 Å². The number of carbonyl (C=O) groups is 1. The number of ether oxygens (including phenoxy) is 11. The van der Waals surface area contributed by atoms with Gasteiger partial charge in [-0.1, -0.05) is 13.3 Å². The SMILES string of the molecule is CCCCNc1ccc(C(=O)OCCOCCOCCOCCOCCOCCOCCOCCOCCOCCOCCO)cc1. The van der Waals surface area contributed by atoms with Gasteiger partial charge in [-0.25, -0.2) is 4.79 Å². The van der Waals surface area contributed by atoms with Crippen LogP contribution < -0.4 is 5.32 Å². The molecule has 0 aromatic heterocycles. The summed E-state index contributed by atoms with van der Waals surface area (Å²) >= 11 is 0. The highest BCUT2D eigenvalue weighted by atomic mass is 16.6. The molecule has 0 fully saturated rings. The Morgan fingerprint density at radius 1 is 0.511 bits per heavy atom. The van der Waals surface area contributed by atoms with Crippen LogP contribution in [0.3, 0.4) is 0 Å². The summed E-state index contributed by atoms with van der Waals surface area (Å²) in [5.41, 5.74) is 1.51. The lowest BCUT2D eigenvalue weighted by Crippen LogP contribution is -2.15. The molecule has 14 nitrogen and oxygen atoms in total. The molecule has 274 valence electrons. The quantitative estimate of drug-likeness (QED) is 0.0782. The van der Waals surface area contributed by atoms with E-state index in [0.29, 0.717) is 138 Å². The van der Waals surface area contributed by atoms with Crippen molar-refractivity contribution in [2.24, 2.45) is 0 Å². The van der Waals surface area contributed by atoms with Crippen molar-refractivity contribution in [1.82, 2.24) is 0 Å². The summed E-state index contributed by atoms with van der Waals surface area (Å²) in [4.78, 5) is 12.1. The van der Waals surface area contributed by atoms with Gasteiger partial charge in [-0.2, -0.15) is 0 Å². The summed E-state index contributed by atoms with van der Waals surface area (Å²) in [7, 11) is 0. The molecule has 1 rings (SSSR count). The van der Waals surface area contributed by atoms with Gasteiger partial charge in [0.05, 0.1) is 144 Å². The molecule has 0 atom stereocenters. The Morgan fingerprint density at radius 3 is 1.15 bits per heavy atom. The van der Waals surface area contributed by atoms with Crippen molar-refractivity contribution in [2.45, 2.75) is 19.8 Å². The second-order valence-electron chi connectivity index (χ2n) is 9.84. The number of nitrogens with one attached hydrogen (secondary N) is 1. The second kappa shape index (κ2) is 35.4. The molecule has 0 heterocycles. The Labute approximate surface area is 280 Å². The molecule has 0 radical (unpaired) electrons. The number of rotatable bonds is 37. The largest absolute Gasteiger partial charge is 0.460 e. The number of benzene rings is 1. The average Bonchev–Trinajstić information content (AvgIpc) is 3.09. The zero-order valence-corrected chi connectivity index (χ0v) is 28.3. The maximum Gasteiger partial charge on any atom is 0.338 e. The van der Waals surface area contributed by atoms with Crippen molar-refractivity contribution in [3.63, 3.8) is 0 Å². The van der Waals surface area contributed by atoms with Crippen LogP contribution in [0.5, 0.6) is 0 Å². The van der Waals surface area contributed by atoms with Crippen LogP contribution in [0.4, 0.5) is 5.69 Å². The molecule has 0 unspecified atom stereocenters. The molecule has 0 saturated carbocycles. The maximum atomic E-state index is 12.1. The summed E-state index contributed by atoms with van der Waals surface area (Å²) in [6, 6.07) is 7.28. The maximum absolute atomic E-state index is 12.1. The summed E-state index contributed by atoms with van der Waals surface area (Å²) in [6.45, 7) is 12.6. The smallest absolute Gasteiger partial charge is 0.338 e. The highest BCUT2D eigenvalue weighted by molar-refractivity contribution is 5.89. The lowest BCUT2D eigenvalue weighted by Gasteiger charge is -2.09. The topological polar surface area (TPSA) is 151 Å². The first-order chi connectivity index (χ1) is 23.3. The summed E-state index contributed by atoms with van der Waals surface area (Å²) in [5, 5.41) is 11.9. The molecule has 0 amide bonds. The number of hydrogen-bond donors (Lipinski definition) is 2. The molecule has 2 N–H and O–H groups in total. The fraction of sp³-hybridized carbons (Fsp3) is 0.788. The van der Waals surface area contributed by atoms with E-state index in [1.54, 1.807) is 12.1 Å². The van der Waals surface area contributed by atoms with Crippen LogP contribution in [-0.2, 0) is 52.1 Å². The Balaban J connectivity index is 1.70. The van der Waals surface area contributed by atoms with Crippen molar-refractivity contribution >= 4 is 11.7 Å². The minimum absolute atomic E-state index is 0.0215. The molecule has 0 aliphatic carbocycles. The Hall–Kier alpha value is -1.95. The predicted octanol–water partition coefficient (Wildman–Crippen LogP) is 2.21. The molecule has 47 heavy (non-hydrogen) atoms. The van der Waals surface area contributed by atoms with Gasteiger partial charge in [-0.3, -0.25) is 0 Å². The third kappa shape index (κ3) is 29.9. The first kappa shape index (κ1) is 43.1. The Kier molecular flexibility index (Phi) is 32.4. The number of aliphatic hydroxyl groups is 1. The zero-order chi connectivity index (χ0) is 33.7. The van der Waals surface area contributed by atoms with Gasteiger partial charge in [0.2, 0.25) is 0 Å². The third-order valence-electron chi connectivity index (χ3n) is 6.02. The number of esters is 1. The van der Waals surface area contributed by atoms with Gasteiger partial charge in [-0.05, 0) is 30.7 Å². The van der Waals surface area contributed by atoms with Gasteiger partial charge in [0.25, 0.3) is 0 Å².